The summed E-state index contributed by atoms with van der Waals surface area (Å²) in [5.41, 5.74) is 0. The second-order valence-electron chi connectivity index (χ2n) is 13.8. The smallest absolute Gasteiger partial charge is 0.462 e. The second kappa shape index (κ2) is 34.5. The average Bonchev–Trinajstić information content (AvgIpc) is 3.04. The predicted octanol–water partition coefficient (Wildman–Crippen LogP) is 10.7. The topological polar surface area (TPSA) is 112 Å². The minimum Gasteiger partial charge on any atom is -0.462 e. The number of likely N-dealkylation sites (N-methyl/N-ethyl adjacent to an activating group) is 1. The van der Waals surface area contributed by atoms with Crippen LogP contribution in [0.3, 0.4) is 0 Å². The van der Waals surface area contributed by atoms with Crippen molar-refractivity contribution in [1.82, 2.24) is 4.90 Å². The lowest BCUT2D eigenvalue weighted by molar-refractivity contribution is -0.161. The average molecular weight is 706 g/mol. The maximum absolute atomic E-state index is 12.6. The van der Waals surface area contributed by atoms with Gasteiger partial charge in [0.15, 0.2) is 6.10 Å². The Bertz CT molecular complexity index is 782. The lowest BCUT2D eigenvalue weighted by Gasteiger charge is -2.20. The molecule has 48 heavy (non-hydrogen) atoms. The van der Waals surface area contributed by atoms with Gasteiger partial charge in [0.1, 0.15) is 6.61 Å². The molecule has 0 heterocycles. The molecule has 0 aromatic rings. The highest BCUT2D eigenvalue weighted by Crippen LogP contribution is 2.43. The van der Waals surface area contributed by atoms with Gasteiger partial charge in [0, 0.05) is 19.4 Å². The zero-order chi connectivity index (χ0) is 35.6. The van der Waals surface area contributed by atoms with Gasteiger partial charge in [-0.25, -0.2) is 4.57 Å². The summed E-state index contributed by atoms with van der Waals surface area (Å²) in [7, 11) is -0.697. The molecule has 0 saturated heterocycles. The molecule has 2 atom stereocenters. The number of nitrogens with zero attached hydrogens (tertiary/aromatic N) is 1. The molecule has 0 saturated carbocycles. The second-order valence-corrected chi connectivity index (χ2v) is 15.3. The van der Waals surface area contributed by atoms with E-state index in [0.717, 1.165) is 32.1 Å². The van der Waals surface area contributed by atoms with Crippen molar-refractivity contribution < 1.29 is 37.6 Å². The number of unbranched alkanes of at least 4 members (excludes halogenated alkanes) is 23. The molecular weight excluding hydrogens is 629 g/mol. The number of ether oxygens (including phenoxy) is 2. The molecule has 9 nitrogen and oxygen atoms in total. The monoisotopic (exact) mass is 706 g/mol. The highest BCUT2D eigenvalue weighted by Gasteiger charge is 2.26. The van der Waals surface area contributed by atoms with Crippen LogP contribution >= 0.6 is 7.82 Å². The van der Waals surface area contributed by atoms with Crippen LogP contribution < -0.4 is 0 Å². The molecule has 0 rings (SSSR count). The van der Waals surface area contributed by atoms with Crippen molar-refractivity contribution in [3.05, 3.63) is 0 Å². The van der Waals surface area contributed by atoms with Gasteiger partial charge in [-0.15, -0.1) is 0 Å². The number of carbonyl (C=O) groups excluding carboxylic acids is 2. The fourth-order valence-electron chi connectivity index (χ4n) is 5.57. The summed E-state index contributed by atoms with van der Waals surface area (Å²) >= 11 is 0. The van der Waals surface area contributed by atoms with Crippen LogP contribution in [0.2, 0.25) is 0 Å². The summed E-state index contributed by atoms with van der Waals surface area (Å²) in [6, 6.07) is 0. The first-order valence-corrected chi connectivity index (χ1v) is 21.3. The third-order valence-electron chi connectivity index (χ3n) is 8.66. The van der Waals surface area contributed by atoms with Crippen molar-refractivity contribution in [1.29, 1.82) is 0 Å². The van der Waals surface area contributed by atoms with E-state index in [1.807, 2.05) is 19.0 Å². The molecule has 1 N–H and O–H groups in total. The van der Waals surface area contributed by atoms with Crippen molar-refractivity contribution >= 4 is 19.8 Å². The minimum absolute atomic E-state index is 0.0122. The predicted molar refractivity (Wildman–Crippen MR) is 197 cm³/mol. The summed E-state index contributed by atoms with van der Waals surface area (Å²) in [6.45, 7) is 4.33. The summed E-state index contributed by atoms with van der Waals surface area (Å²) < 4.78 is 33.3. The van der Waals surface area contributed by atoms with Gasteiger partial charge in [-0.05, 0) is 26.9 Å². The van der Waals surface area contributed by atoms with Crippen LogP contribution in [0.15, 0.2) is 0 Å². The number of carbonyl (C=O) groups is 2. The first kappa shape index (κ1) is 47.0. The van der Waals surface area contributed by atoms with Gasteiger partial charge < -0.3 is 19.3 Å². The van der Waals surface area contributed by atoms with Crippen LogP contribution in [0.1, 0.15) is 187 Å². The molecule has 0 aromatic heterocycles. The van der Waals surface area contributed by atoms with Crippen molar-refractivity contribution in [2.24, 2.45) is 0 Å². The molecule has 0 spiro atoms. The zero-order valence-electron chi connectivity index (χ0n) is 31.7. The summed E-state index contributed by atoms with van der Waals surface area (Å²) in [4.78, 5) is 36.8. The molecular formula is C38H76NO8P. The standard InChI is InChI=1S/C38H76NO8P/c1-5-7-9-11-13-15-17-19-21-22-24-26-28-30-37(40)44-34-36(35-46-48(42,43)45-33-32-39(3)4)47-38(41)31-29-27-25-23-20-18-16-14-12-10-8-6-2/h36H,5-35H2,1-4H3,(H,42,43). The maximum Gasteiger partial charge on any atom is 0.472 e. The van der Waals surface area contributed by atoms with Crippen molar-refractivity contribution in [2.75, 3.05) is 40.5 Å². The molecule has 10 heteroatoms. The Morgan fingerprint density at radius 2 is 0.938 bits per heavy atom. The number of rotatable bonds is 37. The Kier molecular flexibility index (Phi) is 33.7. The Morgan fingerprint density at radius 3 is 1.33 bits per heavy atom. The minimum atomic E-state index is -4.35. The van der Waals surface area contributed by atoms with E-state index in [0.29, 0.717) is 19.4 Å². The van der Waals surface area contributed by atoms with E-state index in [1.165, 1.54) is 122 Å². The van der Waals surface area contributed by atoms with Crippen molar-refractivity contribution in [3.63, 3.8) is 0 Å². The van der Waals surface area contributed by atoms with Gasteiger partial charge in [-0.3, -0.25) is 18.6 Å². The Labute approximate surface area is 295 Å². The molecule has 0 fully saturated rings. The molecule has 0 amide bonds. The van der Waals surface area contributed by atoms with E-state index in [4.69, 9.17) is 18.5 Å². The van der Waals surface area contributed by atoms with Crippen molar-refractivity contribution in [3.8, 4) is 0 Å². The summed E-state index contributed by atoms with van der Waals surface area (Å²) in [6.07, 6.45) is 30.0. The van der Waals surface area contributed by atoms with E-state index in [2.05, 4.69) is 13.8 Å². The van der Waals surface area contributed by atoms with Crippen LogP contribution in [0.4, 0.5) is 0 Å². The fraction of sp³-hybridized carbons (Fsp3) is 0.947. The van der Waals surface area contributed by atoms with Gasteiger partial charge in [-0.2, -0.15) is 0 Å². The van der Waals surface area contributed by atoms with Crippen LogP contribution in [-0.2, 0) is 32.7 Å². The first-order chi connectivity index (χ1) is 23.2. The lowest BCUT2D eigenvalue weighted by Crippen LogP contribution is -2.29. The fourth-order valence-corrected chi connectivity index (χ4v) is 6.31. The number of phosphoric acid groups is 1. The number of esters is 2. The normalized spacial score (nSPS) is 13.5. The van der Waals surface area contributed by atoms with Gasteiger partial charge in [-0.1, -0.05) is 162 Å². The van der Waals surface area contributed by atoms with Crippen LogP contribution in [0.5, 0.6) is 0 Å². The van der Waals surface area contributed by atoms with E-state index >= 15 is 0 Å². The highest BCUT2D eigenvalue weighted by molar-refractivity contribution is 7.47. The summed E-state index contributed by atoms with van der Waals surface area (Å²) in [5, 5.41) is 0. The first-order valence-electron chi connectivity index (χ1n) is 19.8. The molecule has 286 valence electrons. The largest absolute Gasteiger partial charge is 0.472 e. The summed E-state index contributed by atoms with van der Waals surface area (Å²) in [5.74, 6) is -0.793. The molecule has 0 aliphatic carbocycles. The van der Waals surface area contributed by atoms with Gasteiger partial charge >= 0.3 is 19.8 Å². The molecule has 0 aliphatic heterocycles. The molecule has 0 bridgehead atoms. The number of hydrogen-bond donors (Lipinski definition) is 1. The van der Waals surface area contributed by atoms with E-state index in [1.54, 1.807) is 0 Å². The third-order valence-corrected chi connectivity index (χ3v) is 9.65. The SMILES string of the molecule is CCCCCCCCCCCCCCCC(=O)OCC(COP(=O)(O)OCCN(C)C)OC(=O)CCCCCCCCCCCCCC. The lowest BCUT2D eigenvalue weighted by atomic mass is 10.0. The van der Waals surface area contributed by atoms with Gasteiger partial charge in [0.2, 0.25) is 0 Å². The zero-order valence-corrected chi connectivity index (χ0v) is 32.6. The number of hydrogen-bond acceptors (Lipinski definition) is 8. The molecule has 0 aromatic carbocycles. The molecule has 2 unspecified atom stereocenters. The third kappa shape index (κ3) is 34.9. The van der Waals surface area contributed by atoms with Crippen LogP contribution in [-0.4, -0.2) is 68.3 Å². The quantitative estimate of drug-likeness (QED) is 0.0383. The van der Waals surface area contributed by atoms with E-state index < -0.39 is 26.5 Å². The van der Waals surface area contributed by atoms with E-state index in [-0.39, 0.29) is 25.6 Å². The van der Waals surface area contributed by atoms with Crippen molar-refractivity contribution in [2.45, 2.75) is 193 Å². The van der Waals surface area contributed by atoms with Gasteiger partial charge in [0.05, 0.1) is 13.2 Å². The van der Waals surface area contributed by atoms with Crippen LogP contribution in [0, 0.1) is 0 Å². The van der Waals surface area contributed by atoms with E-state index in [9.17, 15) is 19.0 Å². The molecule has 0 aliphatic rings. The Balaban J connectivity index is 4.31. The Morgan fingerprint density at radius 1 is 0.562 bits per heavy atom. The van der Waals surface area contributed by atoms with Crippen LogP contribution in [0.25, 0.3) is 0 Å². The maximum atomic E-state index is 12.6. The highest BCUT2D eigenvalue weighted by atomic mass is 31.2. The van der Waals surface area contributed by atoms with Gasteiger partial charge in [0.25, 0.3) is 0 Å². The molecule has 0 radical (unpaired) electrons. The number of phosphoric ester groups is 1. The Hall–Kier alpha value is -0.990.